The highest BCUT2D eigenvalue weighted by molar-refractivity contribution is 5.80. The van der Waals surface area contributed by atoms with E-state index in [1.807, 2.05) is 6.07 Å². The smallest absolute Gasteiger partial charge is 0.146 e. The summed E-state index contributed by atoms with van der Waals surface area (Å²) in [4.78, 5) is 16.9. The van der Waals surface area contributed by atoms with Crippen molar-refractivity contribution < 1.29 is 4.79 Å². The second kappa shape index (κ2) is 7.89. The molecule has 3 heteroatoms. The molecule has 0 bridgehead atoms. The summed E-state index contributed by atoms with van der Waals surface area (Å²) >= 11 is 0. The van der Waals surface area contributed by atoms with Gasteiger partial charge in [0.25, 0.3) is 0 Å². The topological polar surface area (TPSA) is 23.6 Å². The predicted molar refractivity (Wildman–Crippen MR) is 92.2 cm³/mol. The van der Waals surface area contributed by atoms with Gasteiger partial charge in [-0.2, -0.15) is 0 Å². The average Bonchev–Trinajstić information content (AvgIpc) is 2.48. The van der Waals surface area contributed by atoms with Crippen LogP contribution < -0.4 is 0 Å². The van der Waals surface area contributed by atoms with Gasteiger partial charge >= 0.3 is 0 Å². The van der Waals surface area contributed by atoms with E-state index in [2.05, 4.69) is 54.8 Å². The molecule has 0 aromatic heterocycles. The number of hydrogen-bond donors (Lipinski definition) is 0. The summed E-state index contributed by atoms with van der Waals surface area (Å²) in [6.07, 6.45) is 2.67. The van der Waals surface area contributed by atoms with Gasteiger partial charge in [-0.05, 0) is 39.2 Å². The van der Waals surface area contributed by atoms with E-state index in [0.717, 1.165) is 39.0 Å². The Kier molecular flexibility index (Phi) is 6.16. The maximum atomic E-state index is 12.1. The number of Topliss-reactive ketones (excluding diaryl/α,β-unsaturated/α-hetero) is 1. The number of ketones is 1. The van der Waals surface area contributed by atoms with Crippen molar-refractivity contribution in [1.29, 1.82) is 0 Å². The lowest BCUT2D eigenvalue weighted by atomic mass is 10.0. The molecule has 2 rings (SSSR count). The SMILES string of the molecule is CC(C)(C)N1CCN(CC(=O)CCCc2ccccc2)CC1. The minimum atomic E-state index is 0.242. The largest absolute Gasteiger partial charge is 0.298 e. The fourth-order valence-electron chi connectivity index (χ4n) is 3.04. The van der Waals surface area contributed by atoms with Gasteiger partial charge < -0.3 is 0 Å². The van der Waals surface area contributed by atoms with Crippen molar-refractivity contribution in [2.45, 2.75) is 45.6 Å². The summed E-state index contributed by atoms with van der Waals surface area (Å²) in [6, 6.07) is 10.4. The van der Waals surface area contributed by atoms with Crippen molar-refractivity contribution in [1.82, 2.24) is 9.80 Å². The summed E-state index contributed by atoms with van der Waals surface area (Å²) in [7, 11) is 0. The van der Waals surface area contributed by atoms with Crippen LogP contribution in [0.2, 0.25) is 0 Å². The highest BCUT2D eigenvalue weighted by Crippen LogP contribution is 2.15. The lowest BCUT2D eigenvalue weighted by molar-refractivity contribution is -0.120. The van der Waals surface area contributed by atoms with Gasteiger partial charge in [-0.3, -0.25) is 14.6 Å². The van der Waals surface area contributed by atoms with Crippen molar-refractivity contribution >= 4 is 5.78 Å². The van der Waals surface area contributed by atoms with Crippen LogP contribution >= 0.6 is 0 Å². The maximum Gasteiger partial charge on any atom is 0.146 e. The molecule has 1 aromatic carbocycles. The molecule has 22 heavy (non-hydrogen) atoms. The summed E-state index contributed by atoms with van der Waals surface area (Å²) in [5.41, 5.74) is 1.57. The number of hydrogen-bond acceptors (Lipinski definition) is 3. The Morgan fingerprint density at radius 3 is 2.27 bits per heavy atom. The number of piperazine rings is 1. The van der Waals surface area contributed by atoms with Crippen LogP contribution in [0.25, 0.3) is 0 Å². The van der Waals surface area contributed by atoms with Crippen LogP contribution in [0.15, 0.2) is 30.3 Å². The fourth-order valence-corrected chi connectivity index (χ4v) is 3.04. The molecule has 0 amide bonds. The van der Waals surface area contributed by atoms with Crippen molar-refractivity contribution in [3.63, 3.8) is 0 Å². The lowest BCUT2D eigenvalue weighted by Crippen LogP contribution is -2.54. The molecule has 0 unspecified atom stereocenters. The van der Waals surface area contributed by atoms with Crippen LogP contribution in [0, 0.1) is 0 Å². The fraction of sp³-hybridized carbons (Fsp3) is 0.632. The molecule has 0 aliphatic carbocycles. The first-order valence-electron chi connectivity index (χ1n) is 8.48. The molecule has 1 fully saturated rings. The monoisotopic (exact) mass is 302 g/mol. The average molecular weight is 302 g/mol. The molecule has 0 N–H and O–H groups in total. The zero-order valence-corrected chi connectivity index (χ0v) is 14.3. The molecule has 1 aliphatic rings. The molecule has 0 spiro atoms. The Morgan fingerprint density at radius 2 is 1.68 bits per heavy atom. The van der Waals surface area contributed by atoms with Crippen LogP contribution in [-0.4, -0.2) is 53.8 Å². The van der Waals surface area contributed by atoms with Gasteiger partial charge in [0.2, 0.25) is 0 Å². The minimum absolute atomic E-state index is 0.242. The summed E-state index contributed by atoms with van der Waals surface area (Å²) in [6.45, 7) is 11.6. The Morgan fingerprint density at radius 1 is 1.05 bits per heavy atom. The Bertz CT molecular complexity index is 456. The molecule has 1 aliphatic heterocycles. The second-order valence-electron chi connectivity index (χ2n) is 7.31. The van der Waals surface area contributed by atoms with Crippen molar-refractivity contribution in [3.05, 3.63) is 35.9 Å². The molecule has 3 nitrogen and oxygen atoms in total. The Hall–Kier alpha value is -1.19. The standard InChI is InChI=1S/C19H30N2O/c1-19(2,3)21-14-12-20(13-15-21)16-18(22)11-7-10-17-8-5-4-6-9-17/h4-6,8-9H,7,10-16H2,1-3H3. The molecule has 0 radical (unpaired) electrons. The van der Waals surface area contributed by atoms with Gasteiger partial charge in [-0.15, -0.1) is 0 Å². The van der Waals surface area contributed by atoms with Gasteiger partial charge in [0, 0.05) is 38.1 Å². The van der Waals surface area contributed by atoms with E-state index in [4.69, 9.17) is 0 Å². The van der Waals surface area contributed by atoms with Crippen LogP contribution in [0.3, 0.4) is 0 Å². The summed E-state index contributed by atoms with van der Waals surface area (Å²) < 4.78 is 0. The second-order valence-corrected chi connectivity index (χ2v) is 7.31. The Balaban J connectivity index is 1.64. The van der Waals surface area contributed by atoms with Gasteiger partial charge in [0.05, 0.1) is 6.54 Å². The van der Waals surface area contributed by atoms with Gasteiger partial charge in [-0.25, -0.2) is 0 Å². The van der Waals surface area contributed by atoms with Crippen molar-refractivity contribution in [2.24, 2.45) is 0 Å². The molecule has 1 aromatic rings. The first-order chi connectivity index (χ1) is 10.4. The third-order valence-corrected chi connectivity index (χ3v) is 4.48. The molecular weight excluding hydrogens is 272 g/mol. The van der Waals surface area contributed by atoms with Crippen LogP contribution in [0.4, 0.5) is 0 Å². The maximum absolute atomic E-state index is 12.1. The summed E-state index contributed by atoms with van der Waals surface area (Å²) in [5.74, 6) is 0.389. The lowest BCUT2D eigenvalue weighted by Gasteiger charge is -2.42. The molecule has 1 heterocycles. The molecule has 0 atom stereocenters. The molecule has 1 saturated heterocycles. The number of benzene rings is 1. The third kappa shape index (κ3) is 5.54. The molecule has 0 saturated carbocycles. The first kappa shape index (κ1) is 17.2. The van der Waals surface area contributed by atoms with E-state index in [1.54, 1.807) is 0 Å². The van der Waals surface area contributed by atoms with Crippen LogP contribution in [-0.2, 0) is 11.2 Å². The minimum Gasteiger partial charge on any atom is -0.298 e. The number of rotatable bonds is 6. The predicted octanol–water partition coefficient (Wildman–Crippen LogP) is 2.99. The quantitative estimate of drug-likeness (QED) is 0.807. The van der Waals surface area contributed by atoms with Gasteiger partial charge in [0.1, 0.15) is 5.78 Å². The van der Waals surface area contributed by atoms with E-state index < -0.39 is 0 Å². The van der Waals surface area contributed by atoms with Crippen molar-refractivity contribution in [3.8, 4) is 0 Å². The first-order valence-corrected chi connectivity index (χ1v) is 8.48. The molecular formula is C19H30N2O. The highest BCUT2D eigenvalue weighted by atomic mass is 16.1. The zero-order chi connectivity index (χ0) is 16.0. The zero-order valence-electron chi connectivity index (χ0n) is 14.3. The van der Waals surface area contributed by atoms with E-state index in [9.17, 15) is 4.79 Å². The van der Waals surface area contributed by atoms with Crippen molar-refractivity contribution in [2.75, 3.05) is 32.7 Å². The van der Waals surface area contributed by atoms with E-state index >= 15 is 0 Å². The normalized spacial score (nSPS) is 17.6. The van der Waals surface area contributed by atoms with E-state index in [-0.39, 0.29) is 5.54 Å². The van der Waals surface area contributed by atoms with Gasteiger partial charge in [-0.1, -0.05) is 30.3 Å². The number of nitrogens with zero attached hydrogens (tertiary/aromatic N) is 2. The number of carbonyl (C=O) groups excluding carboxylic acids is 1. The van der Waals surface area contributed by atoms with Crippen LogP contribution in [0.5, 0.6) is 0 Å². The third-order valence-electron chi connectivity index (χ3n) is 4.48. The van der Waals surface area contributed by atoms with Gasteiger partial charge in [0.15, 0.2) is 0 Å². The number of aryl methyl sites for hydroxylation is 1. The van der Waals surface area contributed by atoms with Crippen LogP contribution in [0.1, 0.15) is 39.2 Å². The Labute approximate surface area is 135 Å². The van der Waals surface area contributed by atoms with E-state index in [0.29, 0.717) is 18.7 Å². The highest BCUT2D eigenvalue weighted by Gasteiger charge is 2.26. The molecule has 122 valence electrons. The number of carbonyl (C=O) groups is 1. The van der Waals surface area contributed by atoms with E-state index in [1.165, 1.54) is 5.56 Å². The summed E-state index contributed by atoms with van der Waals surface area (Å²) in [5, 5.41) is 0.